The van der Waals surface area contributed by atoms with Gasteiger partial charge in [-0.1, -0.05) is 18.2 Å². The third-order valence-corrected chi connectivity index (χ3v) is 2.67. The van der Waals surface area contributed by atoms with Gasteiger partial charge < -0.3 is 10.4 Å². The summed E-state index contributed by atoms with van der Waals surface area (Å²) in [6.45, 7) is -0.426. The van der Waals surface area contributed by atoms with Crippen molar-refractivity contribution in [1.82, 2.24) is 9.55 Å². The van der Waals surface area contributed by atoms with Crippen LogP contribution in [0.25, 0.3) is 0 Å². The Morgan fingerprint density at radius 2 is 2.00 bits per heavy atom. The standard InChI is InChI=1S/C13H13N3O4/c17-8-9-3-1-2-4-10(9)14-12(19)7-16-6-5-11(18)15-13(16)20/h1-6,17H,7-8H2,(H,14,19)(H,15,18,20). The average molecular weight is 275 g/mol. The van der Waals surface area contributed by atoms with Crippen molar-refractivity contribution in [3.63, 3.8) is 0 Å². The molecule has 1 aromatic carbocycles. The molecule has 7 heteroatoms. The SMILES string of the molecule is O=C(Cn1ccc(=O)[nH]c1=O)Nc1ccccc1CO. The van der Waals surface area contributed by atoms with Crippen LogP contribution in [0.2, 0.25) is 0 Å². The van der Waals surface area contributed by atoms with Crippen molar-refractivity contribution >= 4 is 11.6 Å². The first-order valence-corrected chi connectivity index (χ1v) is 5.88. The number of hydrogen-bond donors (Lipinski definition) is 3. The van der Waals surface area contributed by atoms with Gasteiger partial charge in [0.25, 0.3) is 5.56 Å². The lowest BCUT2D eigenvalue weighted by Gasteiger charge is -2.09. The van der Waals surface area contributed by atoms with Gasteiger partial charge >= 0.3 is 5.69 Å². The van der Waals surface area contributed by atoms with Crippen molar-refractivity contribution in [2.24, 2.45) is 0 Å². The fourth-order valence-electron chi connectivity index (χ4n) is 1.69. The van der Waals surface area contributed by atoms with Crippen molar-refractivity contribution in [1.29, 1.82) is 0 Å². The molecule has 0 saturated carbocycles. The molecule has 0 radical (unpaired) electrons. The Morgan fingerprint density at radius 3 is 2.70 bits per heavy atom. The zero-order chi connectivity index (χ0) is 14.5. The zero-order valence-electron chi connectivity index (χ0n) is 10.5. The molecule has 0 saturated heterocycles. The van der Waals surface area contributed by atoms with E-state index < -0.39 is 17.2 Å². The van der Waals surface area contributed by atoms with Gasteiger partial charge in [-0.2, -0.15) is 0 Å². The molecule has 0 aliphatic carbocycles. The van der Waals surface area contributed by atoms with E-state index in [1.807, 2.05) is 0 Å². The normalized spacial score (nSPS) is 10.2. The minimum atomic E-state index is -0.650. The number of rotatable bonds is 4. The number of para-hydroxylation sites is 1. The number of nitrogens with zero attached hydrogens (tertiary/aromatic N) is 1. The highest BCUT2D eigenvalue weighted by molar-refractivity contribution is 5.91. The Labute approximate surface area is 113 Å². The summed E-state index contributed by atoms with van der Waals surface area (Å²) < 4.78 is 1.08. The summed E-state index contributed by atoms with van der Waals surface area (Å²) in [5.74, 6) is -0.431. The third kappa shape index (κ3) is 3.21. The van der Waals surface area contributed by atoms with Crippen LogP contribution in [0, 0.1) is 0 Å². The van der Waals surface area contributed by atoms with E-state index in [0.29, 0.717) is 11.3 Å². The fourth-order valence-corrected chi connectivity index (χ4v) is 1.69. The van der Waals surface area contributed by atoms with E-state index in [1.54, 1.807) is 24.3 Å². The van der Waals surface area contributed by atoms with Crippen LogP contribution >= 0.6 is 0 Å². The molecule has 0 fully saturated rings. The number of H-pyrrole nitrogens is 1. The van der Waals surface area contributed by atoms with Crippen molar-refractivity contribution in [2.45, 2.75) is 13.2 Å². The van der Waals surface area contributed by atoms with Gasteiger partial charge in [0.05, 0.1) is 6.61 Å². The quantitative estimate of drug-likeness (QED) is 0.710. The number of benzene rings is 1. The Hall–Kier alpha value is -2.67. The Balaban J connectivity index is 2.13. The molecule has 0 unspecified atom stereocenters. The number of aliphatic hydroxyl groups excluding tert-OH is 1. The maximum atomic E-state index is 11.8. The molecular weight excluding hydrogens is 262 g/mol. The summed E-state index contributed by atoms with van der Waals surface area (Å²) >= 11 is 0. The van der Waals surface area contributed by atoms with E-state index in [4.69, 9.17) is 5.11 Å². The second-order valence-electron chi connectivity index (χ2n) is 4.10. The lowest BCUT2D eigenvalue weighted by atomic mass is 10.2. The van der Waals surface area contributed by atoms with Crippen molar-refractivity contribution in [3.05, 3.63) is 62.9 Å². The van der Waals surface area contributed by atoms with E-state index in [-0.39, 0.29) is 13.2 Å². The van der Waals surface area contributed by atoms with E-state index in [0.717, 1.165) is 10.6 Å². The van der Waals surface area contributed by atoms with Crippen LogP contribution in [-0.2, 0) is 17.9 Å². The fraction of sp³-hybridized carbons (Fsp3) is 0.154. The predicted molar refractivity (Wildman–Crippen MR) is 72.3 cm³/mol. The number of aliphatic hydroxyl groups is 1. The lowest BCUT2D eigenvalue weighted by molar-refractivity contribution is -0.116. The first-order valence-electron chi connectivity index (χ1n) is 5.88. The minimum absolute atomic E-state index is 0.199. The topological polar surface area (TPSA) is 104 Å². The Morgan fingerprint density at radius 1 is 1.25 bits per heavy atom. The van der Waals surface area contributed by atoms with Crippen LogP contribution in [0.5, 0.6) is 0 Å². The Kier molecular flexibility index (Phi) is 4.11. The highest BCUT2D eigenvalue weighted by atomic mass is 16.3. The van der Waals surface area contributed by atoms with Crippen molar-refractivity contribution in [2.75, 3.05) is 5.32 Å². The van der Waals surface area contributed by atoms with Gasteiger partial charge in [-0.05, 0) is 6.07 Å². The smallest absolute Gasteiger partial charge is 0.328 e. The molecule has 1 aromatic heterocycles. The maximum absolute atomic E-state index is 11.8. The number of aromatic nitrogens is 2. The molecule has 1 heterocycles. The number of nitrogens with one attached hydrogen (secondary N) is 2. The molecule has 7 nitrogen and oxygen atoms in total. The highest BCUT2D eigenvalue weighted by Crippen LogP contribution is 2.14. The molecule has 104 valence electrons. The number of aromatic amines is 1. The number of anilines is 1. The summed E-state index contributed by atoms with van der Waals surface area (Å²) in [4.78, 5) is 36.2. The molecule has 0 aliphatic rings. The lowest BCUT2D eigenvalue weighted by Crippen LogP contribution is -2.32. The Bertz CT molecular complexity index is 733. The molecule has 20 heavy (non-hydrogen) atoms. The number of hydrogen-bond acceptors (Lipinski definition) is 4. The number of carbonyl (C=O) groups is 1. The van der Waals surface area contributed by atoms with E-state index in [1.165, 1.54) is 6.20 Å². The molecule has 2 rings (SSSR count). The monoisotopic (exact) mass is 275 g/mol. The second-order valence-corrected chi connectivity index (χ2v) is 4.10. The molecule has 1 amide bonds. The van der Waals surface area contributed by atoms with E-state index in [2.05, 4.69) is 10.3 Å². The van der Waals surface area contributed by atoms with Gasteiger partial charge in [0, 0.05) is 23.5 Å². The summed E-state index contributed by atoms with van der Waals surface area (Å²) in [5, 5.41) is 11.8. The number of carbonyl (C=O) groups excluding carboxylic acids is 1. The van der Waals surface area contributed by atoms with Crippen molar-refractivity contribution < 1.29 is 9.90 Å². The van der Waals surface area contributed by atoms with Gasteiger partial charge in [-0.15, -0.1) is 0 Å². The summed E-state index contributed by atoms with van der Waals surface area (Å²) in [6, 6.07) is 7.96. The van der Waals surface area contributed by atoms with E-state index in [9.17, 15) is 14.4 Å². The van der Waals surface area contributed by atoms with Crippen LogP contribution < -0.4 is 16.6 Å². The third-order valence-electron chi connectivity index (χ3n) is 2.67. The molecule has 0 spiro atoms. The molecule has 0 aliphatic heterocycles. The first kappa shape index (κ1) is 13.8. The number of amides is 1. The van der Waals surface area contributed by atoms with Gasteiger partial charge in [-0.25, -0.2) is 4.79 Å². The van der Waals surface area contributed by atoms with Gasteiger partial charge in [0.1, 0.15) is 6.54 Å². The maximum Gasteiger partial charge on any atom is 0.328 e. The average Bonchev–Trinajstić information content (AvgIpc) is 2.42. The summed E-state index contributed by atoms with van der Waals surface area (Å²) in [6.07, 6.45) is 1.25. The van der Waals surface area contributed by atoms with Gasteiger partial charge in [0.2, 0.25) is 5.91 Å². The molecule has 2 aromatic rings. The van der Waals surface area contributed by atoms with Crippen LogP contribution in [0.4, 0.5) is 5.69 Å². The van der Waals surface area contributed by atoms with Crippen molar-refractivity contribution in [3.8, 4) is 0 Å². The molecule has 0 bridgehead atoms. The zero-order valence-corrected chi connectivity index (χ0v) is 10.5. The summed E-state index contributed by atoms with van der Waals surface area (Å²) in [5.41, 5.74) is -0.104. The van der Waals surface area contributed by atoms with Crippen LogP contribution in [-0.4, -0.2) is 20.6 Å². The largest absolute Gasteiger partial charge is 0.392 e. The van der Waals surface area contributed by atoms with E-state index >= 15 is 0 Å². The first-order chi connectivity index (χ1) is 9.60. The second kappa shape index (κ2) is 5.98. The molecular formula is C13H13N3O4. The van der Waals surface area contributed by atoms with Gasteiger partial charge in [0.15, 0.2) is 0 Å². The van der Waals surface area contributed by atoms with Crippen LogP contribution in [0.3, 0.4) is 0 Å². The minimum Gasteiger partial charge on any atom is -0.392 e. The summed E-state index contributed by atoms with van der Waals surface area (Å²) in [7, 11) is 0. The molecule has 0 atom stereocenters. The highest BCUT2D eigenvalue weighted by Gasteiger charge is 2.07. The predicted octanol–water partition coefficient (Wildman–Crippen LogP) is -0.332. The van der Waals surface area contributed by atoms with Gasteiger partial charge in [-0.3, -0.25) is 19.1 Å². The van der Waals surface area contributed by atoms with Crippen LogP contribution in [0.1, 0.15) is 5.56 Å². The van der Waals surface area contributed by atoms with Crippen LogP contribution in [0.15, 0.2) is 46.1 Å². The molecule has 3 N–H and O–H groups in total.